The quantitative estimate of drug-likeness (QED) is 0.351. The van der Waals surface area contributed by atoms with Crippen molar-refractivity contribution in [2.75, 3.05) is 7.11 Å². The molecule has 31 heavy (non-hydrogen) atoms. The van der Waals surface area contributed by atoms with Crippen LogP contribution in [0.2, 0.25) is 0 Å². The first-order valence-electron chi connectivity index (χ1n) is 10.2. The Morgan fingerprint density at radius 1 is 1.10 bits per heavy atom. The van der Waals surface area contributed by atoms with E-state index in [1.807, 2.05) is 4.57 Å². The van der Waals surface area contributed by atoms with Crippen LogP contribution in [0.4, 0.5) is 0 Å². The number of ether oxygens (including phenoxy) is 2. The van der Waals surface area contributed by atoms with Crippen molar-refractivity contribution in [3.8, 4) is 17.6 Å². The van der Waals surface area contributed by atoms with Gasteiger partial charge >= 0.3 is 5.97 Å². The minimum Gasteiger partial charge on any atom is -0.496 e. The fourth-order valence-corrected chi connectivity index (χ4v) is 3.61. The number of carbonyl (C=O) groups is 1. The van der Waals surface area contributed by atoms with Crippen LogP contribution in [0.3, 0.4) is 0 Å². The zero-order valence-corrected chi connectivity index (χ0v) is 17.2. The van der Waals surface area contributed by atoms with E-state index in [0.717, 1.165) is 43.6 Å². The number of rotatable bonds is 5. The molecule has 0 aliphatic carbocycles. The van der Waals surface area contributed by atoms with Gasteiger partial charge in [-0.05, 0) is 48.7 Å². The normalized spacial score (nSPS) is 13.6. The molecule has 1 aliphatic heterocycles. The second-order valence-corrected chi connectivity index (χ2v) is 7.23. The second-order valence-electron chi connectivity index (χ2n) is 7.23. The van der Waals surface area contributed by atoms with Gasteiger partial charge in [0.05, 0.1) is 12.7 Å². The lowest BCUT2D eigenvalue weighted by Crippen LogP contribution is -2.09. The van der Waals surface area contributed by atoms with Gasteiger partial charge in [-0.1, -0.05) is 30.7 Å². The van der Waals surface area contributed by atoms with Crippen molar-refractivity contribution in [3.05, 3.63) is 71.3 Å². The number of carbonyl (C=O) groups excluding carboxylic acids is 1. The van der Waals surface area contributed by atoms with Crippen LogP contribution in [-0.4, -0.2) is 27.8 Å². The Kier molecular flexibility index (Phi) is 6.08. The molecule has 7 nitrogen and oxygen atoms in total. The third-order valence-corrected chi connectivity index (χ3v) is 5.20. The van der Waals surface area contributed by atoms with Gasteiger partial charge in [0.2, 0.25) is 0 Å². The second kappa shape index (κ2) is 9.26. The summed E-state index contributed by atoms with van der Waals surface area (Å²) in [5.74, 6) is 1.91. The van der Waals surface area contributed by atoms with Crippen molar-refractivity contribution in [3.63, 3.8) is 0 Å². The summed E-state index contributed by atoms with van der Waals surface area (Å²) in [5, 5.41) is 18.2. The van der Waals surface area contributed by atoms with Crippen molar-refractivity contribution in [1.29, 1.82) is 5.26 Å². The highest BCUT2D eigenvalue weighted by Gasteiger charge is 2.18. The van der Waals surface area contributed by atoms with Gasteiger partial charge in [0.1, 0.15) is 29.0 Å². The third-order valence-electron chi connectivity index (χ3n) is 5.20. The summed E-state index contributed by atoms with van der Waals surface area (Å²) in [7, 11) is 1.51. The summed E-state index contributed by atoms with van der Waals surface area (Å²) in [6.07, 6.45) is 5.97. The summed E-state index contributed by atoms with van der Waals surface area (Å²) in [6.45, 7) is 0.828. The summed E-state index contributed by atoms with van der Waals surface area (Å²) >= 11 is 0. The average Bonchev–Trinajstić information content (AvgIpc) is 3.05. The molecule has 0 saturated carbocycles. The SMILES string of the molecule is COc1ccccc1C(=O)Oc1ccc(C=C(C#N)c2nnc3n2CCCCC3)cc1. The van der Waals surface area contributed by atoms with Gasteiger partial charge in [0.25, 0.3) is 0 Å². The van der Waals surface area contributed by atoms with Gasteiger partial charge in [-0.15, -0.1) is 10.2 Å². The molecule has 0 saturated heterocycles. The van der Waals surface area contributed by atoms with Gasteiger partial charge in [0, 0.05) is 13.0 Å². The molecule has 0 fully saturated rings. The van der Waals surface area contributed by atoms with Crippen LogP contribution in [0.15, 0.2) is 48.5 Å². The average molecular weight is 414 g/mol. The largest absolute Gasteiger partial charge is 0.496 e. The first-order chi connectivity index (χ1) is 15.2. The number of allylic oxidation sites excluding steroid dienone is 1. The number of benzene rings is 2. The Balaban J connectivity index is 1.53. The molecule has 1 aliphatic rings. The van der Waals surface area contributed by atoms with E-state index in [9.17, 15) is 10.1 Å². The van der Waals surface area contributed by atoms with Crippen LogP contribution in [0, 0.1) is 11.3 Å². The zero-order chi connectivity index (χ0) is 21.6. The Morgan fingerprint density at radius 2 is 1.90 bits per heavy atom. The Morgan fingerprint density at radius 3 is 2.68 bits per heavy atom. The van der Waals surface area contributed by atoms with Crippen LogP contribution in [0.1, 0.15) is 46.8 Å². The number of nitriles is 1. The lowest BCUT2D eigenvalue weighted by Gasteiger charge is -2.08. The molecule has 0 bridgehead atoms. The highest BCUT2D eigenvalue weighted by molar-refractivity contribution is 5.94. The van der Waals surface area contributed by atoms with Gasteiger partial charge in [0.15, 0.2) is 5.82 Å². The molecule has 0 atom stereocenters. The first kappa shape index (κ1) is 20.4. The molecular formula is C24H22N4O3. The van der Waals surface area contributed by atoms with Crippen LogP contribution in [-0.2, 0) is 13.0 Å². The molecule has 156 valence electrons. The summed E-state index contributed by atoms with van der Waals surface area (Å²) in [5.41, 5.74) is 1.62. The van der Waals surface area contributed by atoms with Crippen LogP contribution < -0.4 is 9.47 Å². The zero-order valence-electron chi connectivity index (χ0n) is 17.2. The topological polar surface area (TPSA) is 90.0 Å². The molecule has 0 N–H and O–H groups in total. The van der Waals surface area contributed by atoms with E-state index in [1.165, 1.54) is 7.11 Å². The van der Waals surface area contributed by atoms with Gasteiger partial charge in [-0.2, -0.15) is 5.26 Å². The Labute approximate surface area is 180 Å². The number of para-hydroxylation sites is 1. The molecule has 1 aromatic heterocycles. The van der Waals surface area contributed by atoms with Crippen LogP contribution >= 0.6 is 0 Å². The number of aryl methyl sites for hydroxylation is 1. The number of nitrogens with zero attached hydrogens (tertiary/aromatic N) is 4. The molecule has 0 spiro atoms. The van der Waals surface area contributed by atoms with E-state index in [2.05, 4.69) is 16.3 Å². The Hall–Kier alpha value is -3.92. The summed E-state index contributed by atoms with van der Waals surface area (Å²) in [6, 6.07) is 16.1. The highest BCUT2D eigenvalue weighted by atomic mass is 16.5. The van der Waals surface area contributed by atoms with E-state index < -0.39 is 5.97 Å². The fourth-order valence-electron chi connectivity index (χ4n) is 3.61. The van der Waals surface area contributed by atoms with E-state index in [4.69, 9.17) is 9.47 Å². The molecule has 7 heteroatoms. The number of hydrogen-bond acceptors (Lipinski definition) is 6. The van der Waals surface area contributed by atoms with Crippen molar-refractivity contribution >= 4 is 17.6 Å². The lowest BCUT2D eigenvalue weighted by molar-refractivity contribution is 0.0731. The van der Waals surface area contributed by atoms with E-state index >= 15 is 0 Å². The molecule has 0 unspecified atom stereocenters. The predicted molar refractivity (Wildman–Crippen MR) is 115 cm³/mol. The van der Waals surface area contributed by atoms with Gasteiger partial charge in [-0.3, -0.25) is 0 Å². The van der Waals surface area contributed by atoms with E-state index in [1.54, 1.807) is 54.6 Å². The number of fused-ring (bicyclic) bond motifs is 1. The summed E-state index contributed by atoms with van der Waals surface area (Å²) in [4.78, 5) is 12.4. The van der Waals surface area contributed by atoms with Gasteiger partial charge < -0.3 is 14.0 Å². The number of aromatic nitrogens is 3. The standard InChI is InChI=1S/C24H22N4O3/c1-30-21-8-5-4-7-20(21)24(29)31-19-12-10-17(11-13-19)15-18(16-25)23-27-26-22-9-3-2-6-14-28(22)23/h4-5,7-8,10-13,15H,2-3,6,9,14H2,1H3. The smallest absolute Gasteiger partial charge is 0.347 e. The third kappa shape index (κ3) is 4.48. The Bertz CT molecular complexity index is 1160. The maximum Gasteiger partial charge on any atom is 0.347 e. The number of hydrogen-bond donors (Lipinski definition) is 0. The molecule has 3 aromatic rings. The van der Waals surface area contributed by atoms with E-state index in [0.29, 0.717) is 28.5 Å². The fraction of sp³-hybridized carbons (Fsp3) is 0.250. The number of esters is 1. The first-order valence-corrected chi connectivity index (χ1v) is 10.2. The maximum atomic E-state index is 12.4. The predicted octanol–water partition coefficient (Wildman–Crippen LogP) is 4.30. The molecule has 0 radical (unpaired) electrons. The highest BCUT2D eigenvalue weighted by Crippen LogP contribution is 2.24. The molecule has 0 amide bonds. The van der Waals surface area contributed by atoms with Crippen molar-refractivity contribution in [2.24, 2.45) is 0 Å². The minimum absolute atomic E-state index is 0.355. The van der Waals surface area contributed by atoms with Crippen LogP contribution in [0.25, 0.3) is 11.6 Å². The van der Waals surface area contributed by atoms with Gasteiger partial charge in [-0.25, -0.2) is 4.79 Å². The van der Waals surface area contributed by atoms with Crippen molar-refractivity contribution in [1.82, 2.24) is 14.8 Å². The van der Waals surface area contributed by atoms with Crippen molar-refractivity contribution < 1.29 is 14.3 Å². The molecular weight excluding hydrogens is 392 g/mol. The van der Waals surface area contributed by atoms with Crippen molar-refractivity contribution in [2.45, 2.75) is 32.2 Å². The monoisotopic (exact) mass is 414 g/mol. The molecule has 2 aromatic carbocycles. The molecule has 4 rings (SSSR count). The summed E-state index contributed by atoms with van der Waals surface area (Å²) < 4.78 is 12.7. The number of methoxy groups -OCH3 is 1. The lowest BCUT2D eigenvalue weighted by atomic mass is 10.1. The minimum atomic E-state index is -0.496. The van der Waals surface area contributed by atoms with Crippen LogP contribution in [0.5, 0.6) is 11.5 Å². The maximum absolute atomic E-state index is 12.4. The molecule has 2 heterocycles. The van der Waals surface area contributed by atoms with E-state index in [-0.39, 0.29) is 0 Å².